The van der Waals surface area contributed by atoms with Crippen molar-refractivity contribution in [2.24, 2.45) is 0 Å². The molecule has 3 heterocycles. The molecular weight excluding hydrogens is 308 g/mol. The molecular formula is C16H18N6O2. The lowest BCUT2D eigenvalue weighted by molar-refractivity contribution is -0.117. The van der Waals surface area contributed by atoms with Gasteiger partial charge in [-0.05, 0) is 13.0 Å². The van der Waals surface area contributed by atoms with Crippen LogP contribution in [0.15, 0.2) is 29.0 Å². The largest absolute Gasteiger partial charge is 0.367 e. The average molecular weight is 326 g/mol. The van der Waals surface area contributed by atoms with Crippen LogP contribution in [0.2, 0.25) is 0 Å². The summed E-state index contributed by atoms with van der Waals surface area (Å²) in [6.07, 6.45) is 3.34. The number of amides is 1. The summed E-state index contributed by atoms with van der Waals surface area (Å²) < 4.78 is 4.92. The highest BCUT2D eigenvalue weighted by Gasteiger charge is 2.21. The van der Waals surface area contributed by atoms with Crippen LogP contribution in [0.1, 0.15) is 11.3 Å². The van der Waals surface area contributed by atoms with Crippen LogP contribution >= 0.6 is 0 Å². The summed E-state index contributed by atoms with van der Waals surface area (Å²) in [4.78, 5) is 20.3. The molecule has 2 aromatic rings. The zero-order valence-electron chi connectivity index (χ0n) is 13.4. The summed E-state index contributed by atoms with van der Waals surface area (Å²) in [6.45, 7) is 5.05. The third-order valence-corrected chi connectivity index (χ3v) is 3.90. The van der Waals surface area contributed by atoms with E-state index in [1.54, 1.807) is 31.5 Å². The molecule has 1 aliphatic heterocycles. The fraction of sp³-hybridized carbons (Fsp3) is 0.375. The van der Waals surface area contributed by atoms with Gasteiger partial charge < -0.3 is 14.7 Å². The van der Waals surface area contributed by atoms with E-state index < -0.39 is 0 Å². The quantitative estimate of drug-likeness (QED) is 0.895. The van der Waals surface area contributed by atoms with E-state index >= 15 is 0 Å². The molecule has 8 nitrogen and oxygen atoms in total. The van der Waals surface area contributed by atoms with E-state index in [2.05, 4.69) is 31.3 Å². The Hall–Kier alpha value is -2.92. The number of aryl methyl sites for hydroxylation is 1. The molecule has 0 aromatic carbocycles. The first-order valence-corrected chi connectivity index (χ1v) is 7.70. The first kappa shape index (κ1) is 16.0. The molecule has 124 valence electrons. The van der Waals surface area contributed by atoms with Crippen LogP contribution in [-0.4, -0.2) is 53.7 Å². The number of rotatable bonds is 4. The van der Waals surface area contributed by atoms with Gasteiger partial charge in [-0.2, -0.15) is 5.26 Å². The molecule has 1 saturated heterocycles. The molecule has 8 heteroatoms. The second-order valence-electron chi connectivity index (χ2n) is 5.64. The van der Waals surface area contributed by atoms with Crippen molar-refractivity contribution < 1.29 is 9.32 Å². The molecule has 1 fully saturated rings. The number of aromatic nitrogens is 2. The van der Waals surface area contributed by atoms with Gasteiger partial charge in [-0.1, -0.05) is 5.16 Å². The van der Waals surface area contributed by atoms with Gasteiger partial charge >= 0.3 is 0 Å². The van der Waals surface area contributed by atoms with Gasteiger partial charge in [-0.3, -0.25) is 14.7 Å². The van der Waals surface area contributed by atoms with Crippen LogP contribution in [0.5, 0.6) is 0 Å². The van der Waals surface area contributed by atoms with Crippen LogP contribution in [-0.2, 0) is 4.79 Å². The molecule has 0 saturated carbocycles. The number of nitriles is 1. The molecule has 24 heavy (non-hydrogen) atoms. The molecule has 1 amide bonds. The number of pyridine rings is 1. The summed E-state index contributed by atoms with van der Waals surface area (Å²) in [6, 6.07) is 5.59. The fourth-order valence-corrected chi connectivity index (χ4v) is 2.69. The zero-order valence-corrected chi connectivity index (χ0v) is 13.4. The predicted molar refractivity (Wildman–Crippen MR) is 87.5 cm³/mol. The molecule has 3 rings (SSSR count). The number of nitrogens with one attached hydrogen (secondary N) is 1. The standard InChI is InChI=1S/C16H18N6O2/c1-12-8-15(20-24-12)19-16(23)11-21-4-6-22(7-5-21)14-10-18-3-2-13(14)9-17/h2-3,8,10H,4-7,11H2,1H3,(H,19,20,23). The van der Waals surface area contributed by atoms with Gasteiger partial charge in [-0.25, -0.2) is 0 Å². The Morgan fingerprint density at radius 2 is 2.21 bits per heavy atom. The van der Waals surface area contributed by atoms with Crippen molar-refractivity contribution in [2.75, 3.05) is 42.9 Å². The smallest absolute Gasteiger partial charge is 0.239 e. The number of anilines is 2. The Morgan fingerprint density at radius 1 is 1.42 bits per heavy atom. The first-order chi connectivity index (χ1) is 11.7. The number of hydrogen-bond donors (Lipinski definition) is 1. The number of nitrogens with zero attached hydrogens (tertiary/aromatic N) is 5. The molecule has 0 bridgehead atoms. The molecule has 0 atom stereocenters. The summed E-state index contributed by atoms with van der Waals surface area (Å²) in [5.74, 6) is 0.977. The number of hydrogen-bond acceptors (Lipinski definition) is 7. The molecule has 0 aliphatic carbocycles. The summed E-state index contributed by atoms with van der Waals surface area (Å²) in [7, 11) is 0. The second kappa shape index (κ2) is 7.10. The van der Waals surface area contributed by atoms with Crippen molar-refractivity contribution >= 4 is 17.4 Å². The first-order valence-electron chi connectivity index (χ1n) is 7.70. The Balaban J connectivity index is 1.52. The van der Waals surface area contributed by atoms with Crippen molar-refractivity contribution in [3.8, 4) is 6.07 Å². The van der Waals surface area contributed by atoms with Gasteiger partial charge in [0.2, 0.25) is 5.91 Å². The lowest BCUT2D eigenvalue weighted by Gasteiger charge is -2.35. The van der Waals surface area contributed by atoms with Gasteiger partial charge in [0.05, 0.1) is 24.0 Å². The van der Waals surface area contributed by atoms with Crippen molar-refractivity contribution in [2.45, 2.75) is 6.92 Å². The van der Waals surface area contributed by atoms with Crippen LogP contribution in [0.25, 0.3) is 0 Å². The maximum Gasteiger partial charge on any atom is 0.239 e. The van der Waals surface area contributed by atoms with Crippen LogP contribution in [0, 0.1) is 18.3 Å². The Morgan fingerprint density at radius 3 is 2.88 bits per heavy atom. The minimum atomic E-state index is -0.115. The van der Waals surface area contributed by atoms with Crippen LogP contribution in [0.3, 0.4) is 0 Å². The lowest BCUT2D eigenvalue weighted by atomic mass is 10.2. The summed E-state index contributed by atoms with van der Waals surface area (Å²) >= 11 is 0. The SMILES string of the molecule is Cc1cc(NC(=O)CN2CCN(c3cnccc3C#N)CC2)no1. The van der Waals surface area contributed by atoms with E-state index in [1.165, 1.54) is 0 Å². The molecule has 0 unspecified atom stereocenters. The lowest BCUT2D eigenvalue weighted by Crippen LogP contribution is -2.48. The fourth-order valence-electron chi connectivity index (χ4n) is 2.69. The number of carbonyl (C=O) groups excluding carboxylic acids is 1. The van der Waals surface area contributed by atoms with Crippen molar-refractivity contribution in [1.82, 2.24) is 15.0 Å². The Bertz CT molecular complexity index is 758. The zero-order chi connectivity index (χ0) is 16.9. The van der Waals surface area contributed by atoms with Gasteiger partial charge in [0.15, 0.2) is 5.82 Å². The van der Waals surface area contributed by atoms with Gasteiger partial charge in [0, 0.05) is 38.4 Å². The van der Waals surface area contributed by atoms with E-state index in [4.69, 9.17) is 4.52 Å². The highest BCUT2D eigenvalue weighted by Crippen LogP contribution is 2.19. The highest BCUT2D eigenvalue weighted by atomic mass is 16.5. The topological polar surface area (TPSA) is 98.3 Å². The molecule has 0 radical (unpaired) electrons. The summed E-state index contributed by atoms with van der Waals surface area (Å²) in [5, 5.41) is 15.6. The minimum absolute atomic E-state index is 0.115. The molecule has 2 aromatic heterocycles. The van der Waals surface area contributed by atoms with Gasteiger partial charge in [0.1, 0.15) is 11.8 Å². The van der Waals surface area contributed by atoms with Crippen molar-refractivity contribution in [3.05, 3.63) is 35.9 Å². The number of carbonyl (C=O) groups is 1. The molecule has 0 spiro atoms. The Kier molecular flexibility index (Phi) is 4.72. The van der Waals surface area contributed by atoms with E-state index in [0.29, 0.717) is 23.7 Å². The van der Waals surface area contributed by atoms with Crippen molar-refractivity contribution in [3.63, 3.8) is 0 Å². The van der Waals surface area contributed by atoms with E-state index in [-0.39, 0.29) is 5.91 Å². The number of piperazine rings is 1. The third-order valence-electron chi connectivity index (χ3n) is 3.90. The molecule has 1 N–H and O–H groups in total. The van der Waals surface area contributed by atoms with E-state index in [0.717, 1.165) is 31.9 Å². The van der Waals surface area contributed by atoms with E-state index in [1.807, 2.05) is 0 Å². The van der Waals surface area contributed by atoms with E-state index in [9.17, 15) is 10.1 Å². The highest BCUT2D eigenvalue weighted by molar-refractivity contribution is 5.91. The van der Waals surface area contributed by atoms with Crippen LogP contribution < -0.4 is 10.2 Å². The Labute approximate surface area is 139 Å². The second-order valence-corrected chi connectivity index (χ2v) is 5.64. The van der Waals surface area contributed by atoms with Crippen LogP contribution in [0.4, 0.5) is 11.5 Å². The minimum Gasteiger partial charge on any atom is -0.367 e. The third kappa shape index (κ3) is 3.70. The average Bonchev–Trinajstić information content (AvgIpc) is 3.00. The maximum absolute atomic E-state index is 12.0. The summed E-state index contributed by atoms with van der Waals surface area (Å²) in [5.41, 5.74) is 1.47. The monoisotopic (exact) mass is 326 g/mol. The van der Waals surface area contributed by atoms with Gasteiger partial charge in [-0.15, -0.1) is 0 Å². The predicted octanol–water partition coefficient (Wildman–Crippen LogP) is 1.01. The molecule has 1 aliphatic rings. The van der Waals surface area contributed by atoms with Crippen molar-refractivity contribution in [1.29, 1.82) is 5.26 Å². The van der Waals surface area contributed by atoms with Gasteiger partial charge in [0.25, 0.3) is 0 Å². The maximum atomic E-state index is 12.0. The normalized spacial score (nSPS) is 15.1.